The topological polar surface area (TPSA) is 41.1 Å². The summed E-state index contributed by atoms with van der Waals surface area (Å²) in [5.41, 5.74) is 2.51. The second kappa shape index (κ2) is 7.38. The van der Waals surface area contributed by atoms with E-state index in [9.17, 15) is 4.79 Å². The molecule has 1 aromatic carbocycles. The summed E-state index contributed by atoms with van der Waals surface area (Å²) in [4.78, 5) is 13.0. The van der Waals surface area contributed by atoms with Gasteiger partial charge in [0.15, 0.2) is 0 Å². The van der Waals surface area contributed by atoms with Crippen LogP contribution in [0.5, 0.6) is 0 Å². The largest absolute Gasteiger partial charge is 0.358 e. The Morgan fingerprint density at radius 3 is 2.48 bits per heavy atom. The van der Waals surface area contributed by atoms with Gasteiger partial charge in [-0.05, 0) is 35.9 Å². The number of hydrogen-bond donors (Lipinski definition) is 2. The van der Waals surface area contributed by atoms with Crippen molar-refractivity contribution in [1.29, 1.82) is 0 Å². The first-order chi connectivity index (χ1) is 10.2. The Balaban J connectivity index is 2.25. The first kappa shape index (κ1) is 15.7. The zero-order chi connectivity index (χ0) is 15.2. The smallest absolute Gasteiger partial charge is 0.236 e. The predicted octanol–water partition coefficient (Wildman–Crippen LogP) is 3.12. The molecule has 2 rings (SSSR count). The van der Waals surface area contributed by atoms with E-state index in [4.69, 9.17) is 0 Å². The van der Waals surface area contributed by atoms with Crippen LogP contribution in [0.4, 0.5) is 0 Å². The number of nitrogens with one attached hydrogen (secondary N) is 2. The Morgan fingerprint density at radius 1 is 1.24 bits per heavy atom. The molecule has 0 bridgehead atoms. The molecule has 0 radical (unpaired) electrons. The molecule has 1 amide bonds. The third-order valence-corrected chi connectivity index (χ3v) is 4.54. The molecule has 2 atom stereocenters. The van der Waals surface area contributed by atoms with Gasteiger partial charge in [0.25, 0.3) is 0 Å². The fourth-order valence-electron chi connectivity index (χ4n) is 2.29. The van der Waals surface area contributed by atoms with Gasteiger partial charge in [0, 0.05) is 11.9 Å². The lowest BCUT2D eigenvalue weighted by atomic mass is 10.0. The van der Waals surface area contributed by atoms with E-state index in [-0.39, 0.29) is 18.0 Å². The Hall–Kier alpha value is -1.65. The van der Waals surface area contributed by atoms with Crippen molar-refractivity contribution in [3.05, 3.63) is 57.8 Å². The van der Waals surface area contributed by atoms with E-state index in [2.05, 4.69) is 53.3 Å². The minimum Gasteiger partial charge on any atom is -0.358 e. The number of rotatable bonds is 6. The lowest BCUT2D eigenvalue weighted by Crippen LogP contribution is -2.42. The molecule has 0 saturated carbocycles. The van der Waals surface area contributed by atoms with E-state index in [0.717, 1.165) is 6.42 Å². The lowest BCUT2D eigenvalue weighted by Gasteiger charge is -2.22. The first-order valence-corrected chi connectivity index (χ1v) is 8.13. The SMILES string of the molecule is CCc1ccc([C@H](N[C@H](C)C(=O)NC)c2cccs2)cc1. The fourth-order valence-corrected chi connectivity index (χ4v) is 3.10. The highest BCUT2D eigenvalue weighted by molar-refractivity contribution is 7.10. The highest BCUT2D eigenvalue weighted by Gasteiger charge is 2.20. The highest BCUT2D eigenvalue weighted by Crippen LogP contribution is 2.27. The standard InChI is InChI=1S/C17H22N2OS/c1-4-13-7-9-14(10-8-13)16(15-6-5-11-21-15)19-12(2)17(20)18-3/h5-12,16,19H,4H2,1-3H3,(H,18,20)/t12-,16+/m1/s1. The quantitative estimate of drug-likeness (QED) is 0.861. The van der Waals surface area contributed by atoms with E-state index in [1.165, 1.54) is 16.0 Å². The number of carbonyl (C=O) groups excluding carboxylic acids is 1. The van der Waals surface area contributed by atoms with Crippen LogP contribution in [0.1, 0.15) is 35.9 Å². The van der Waals surface area contributed by atoms with Gasteiger partial charge >= 0.3 is 0 Å². The molecular formula is C17H22N2OS. The maximum Gasteiger partial charge on any atom is 0.236 e. The second-order valence-electron chi connectivity index (χ2n) is 5.05. The van der Waals surface area contributed by atoms with Crippen LogP contribution in [0.15, 0.2) is 41.8 Å². The maximum atomic E-state index is 11.8. The van der Waals surface area contributed by atoms with Gasteiger partial charge in [-0.2, -0.15) is 0 Å². The average Bonchev–Trinajstić information content (AvgIpc) is 3.05. The van der Waals surface area contributed by atoms with E-state index in [0.29, 0.717) is 0 Å². The van der Waals surface area contributed by atoms with Crippen LogP contribution in [-0.4, -0.2) is 19.0 Å². The molecule has 112 valence electrons. The van der Waals surface area contributed by atoms with Gasteiger partial charge in [0.2, 0.25) is 5.91 Å². The Morgan fingerprint density at radius 2 is 1.95 bits per heavy atom. The van der Waals surface area contributed by atoms with Gasteiger partial charge in [-0.15, -0.1) is 11.3 Å². The Kier molecular flexibility index (Phi) is 5.53. The number of carbonyl (C=O) groups is 1. The molecule has 2 N–H and O–H groups in total. The van der Waals surface area contributed by atoms with Gasteiger partial charge < -0.3 is 5.32 Å². The summed E-state index contributed by atoms with van der Waals surface area (Å²) in [6.45, 7) is 4.04. The van der Waals surface area contributed by atoms with Crippen molar-refractivity contribution in [2.45, 2.75) is 32.4 Å². The second-order valence-corrected chi connectivity index (χ2v) is 6.03. The van der Waals surface area contributed by atoms with E-state index in [1.807, 2.05) is 13.0 Å². The normalized spacial score (nSPS) is 13.7. The van der Waals surface area contributed by atoms with Gasteiger partial charge in [-0.25, -0.2) is 0 Å². The molecule has 21 heavy (non-hydrogen) atoms. The first-order valence-electron chi connectivity index (χ1n) is 7.25. The van der Waals surface area contributed by atoms with E-state index < -0.39 is 0 Å². The number of hydrogen-bond acceptors (Lipinski definition) is 3. The summed E-state index contributed by atoms with van der Waals surface area (Å²) >= 11 is 1.70. The third-order valence-electron chi connectivity index (χ3n) is 3.61. The number of benzene rings is 1. The zero-order valence-electron chi connectivity index (χ0n) is 12.7. The van der Waals surface area contributed by atoms with Crippen molar-refractivity contribution in [3.63, 3.8) is 0 Å². The number of likely N-dealkylation sites (N-methyl/N-ethyl adjacent to an activating group) is 1. The van der Waals surface area contributed by atoms with Crippen molar-refractivity contribution in [1.82, 2.24) is 10.6 Å². The van der Waals surface area contributed by atoms with E-state index >= 15 is 0 Å². The number of thiophene rings is 1. The molecule has 0 saturated heterocycles. The van der Waals surface area contributed by atoms with Crippen LogP contribution in [0.2, 0.25) is 0 Å². The zero-order valence-corrected chi connectivity index (χ0v) is 13.5. The summed E-state index contributed by atoms with van der Waals surface area (Å²) < 4.78 is 0. The van der Waals surface area contributed by atoms with Gasteiger partial charge in [-0.1, -0.05) is 37.3 Å². The van der Waals surface area contributed by atoms with Gasteiger partial charge in [0.05, 0.1) is 12.1 Å². The van der Waals surface area contributed by atoms with Crippen LogP contribution in [0.25, 0.3) is 0 Å². The molecule has 0 aliphatic heterocycles. The maximum absolute atomic E-state index is 11.8. The van der Waals surface area contributed by atoms with Crippen molar-refractivity contribution >= 4 is 17.2 Å². The van der Waals surface area contributed by atoms with E-state index in [1.54, 1.807) is 18.4 Å². The minimum atomic E-state index is -0.243. The summed E-state index contributed by atoms with van der Waals surface area (Å²) in [5.74, 6) is 0.00161. The molecule has 1 heterocycles. The summed E-state index contributed by atoms with van der Waals surface area (Å²) in [6, 6.07) is 12.5. The van der Waals surface area contributed by atoms with Crippen molar-refractivity contribution in [2.24, 2.45) is 0 Å². The predicted molar refractivity (Wildman–Crippen MR) is 88.6 cm³/mol. The van der Waals surface area contributed by atoms with Gasteiger partial charge in [0.1, 0.15) is 0 Å². The number of amides is 1. The molecule has 0 spiro atoms. The van der Waals surface area contributed by atoms with Crippen LogP contribution in [0, 0.1) is 0 Å². The molecule has 4 heteroatoms. The lowest BCUT2D eigenvalue weighted by molar-refractivity contribution is -0.122. The monoisotopic (exact) mass is 302 g/mol. The minimum absolute atomic E-state index is 0.00161. The third kappa shape index (κ3) is 3.93. The summed E-state index contributed by atoms with van der Waals surface area (Å²) in [6.07, 6.45) is 1.03. The Labute approximate surface area is 130 Å². The molecular weight excluding hydrogens is 280 g/mol. The summed E-state index contributed by atoms with van der Waals surface area (Å²) in [5, 5.41) is 8.17. The van der Waals surface area contributed by atoms with Crippen molar-refractivity contribution in [3.8, 4) is 0 Å². The molecule has 2 aromatic rings. The molecule has 0 unspecified atom stereocenters. The molecule has 0 fully saturated rings. The summed E-state index contributed by atoms with van der Waals surface area (Å²) in [7, 11) is 1.66. The molecule has 0 aliphatic rings. The van der Waals surface area contributed by atoms with Crippen molar-refractivity contribution in [2.75, 3.05) is 7.05 Å². The van der Waals surface area contributed by atoms with Gasteiger partial charge in [-0.3, -0.25) is 10.1 Å². The Bertz CT molecular complexity index is 563. The van der Waals surface area contributed by atoms with Crippen LogP contribution >= 0.6 is 11.3 Å². The fraction of sp³-hybridized carbons (Fsp3) is 0.353. The van der Waals surface area contributed by atoms with Crippen molar-refractivity contribution < 1.29 is 4.79 Å². The molecule has 0 aliphatic carbocycles. The van der Waals surface area contributed by atoms with Crippen LogP contribution in [-0.2, 0) is 11.2 Å². The number of aryl methyl sites for hydroxylation is 1. The molecule has 1 aromatic heterocycles. The van der Waals surface area contributed by atoms with Crippen LogP contribution < -0.4 is 10.6 Å². The van der Waals surface area contributed by atoms with Crippen LogP contribution in [0.3, 0.4) is 0 Å². The molecule has 3 nitrogen and oxygen atoms in total. The highest BCUT2D eigenvalue weighted by atomic mass is 32.1. The average molecular weight is 302 g/mol.